The summed E-state index contributed by atoms with van der Waals surface area (Å²) in [6.45, 7) is 5.30. The molecule has 2 heterocycles. The first-order valence-corrected chi connectivity index (χ1v) is 6.09. The van der Waals surface area contributed by atoms with Gasteiger partial charge in [0.05, 0.1) is 0 Å². The second-order valence-corrected chi connectivity index (χ2v) is 4.45. The van der Waals surface area contributed by atoms with Crippen molar-refractivity contribution in [3.05, 3.63) is 18.0 Å². The molecule has 1 atom stereocenters. The molecular formula is C12H20N4. The third-order valence-electron chi connectivity index (χ3n) is 3.03. The van der Waals surface area contributed by atoms with Gasteiger partial charge in [-0.3, -0.25) is 0 Å². The second-order valence-electron chi connectivity index (χ2n) is 4.45. The van der Waals surface area contributed by atoms with Crippen LogP contribution in [0.5, 0.6) is 0 Å². The maximum absolute atomic E-state index is 4.32. The highest BCUT2D eigenvalue weighted by Crippen LogP contribution is 2.13. The molecule has 1 saturated heterocycles. The van der Waals surface area contributed by atoms with Crippen LogP contribution in [0, 0.1) is 12.8 Å². The van der Waals surface area contributed by atoms with E-state index in [1.165, 1.54) is 25.8 Å². The molecule has 16 heavy (non-hydrogen) atoms. The zero-order valence-corrected chi connectivity index (χ0v) is 9.87. The highest BCUT2D eigenvalue weighted by Gasteiger charge is 2.12. The Morgan fingerprint density at radius 1 is 1.56 bits per heavy atom. The van der Waals surface area contributed by atoms with E-state index in [0.29, 0.717) is 0 Å². The number of anilines is 1. The lowest BCUT2D eigenvalue weighted by Crippen LogP contribution is -2.30. The lowest BCUT2D eigenvalue weighted by Gasteiger charge is -2.22. The van der Waals surface area contributed by atoms with E-state index in [1.807, 2.05) is 13.0 Å². The first-order chi connectivity index (χ1) is 7.84. The smallest absolute Gasteiger partial charge is 0.222 e. The van der Waals surface area contributed by atoms with Crippen molar-refractivity contribution in [2.45, 2.75) is 26.2 Å². The molecule has 2 rings (SSSR count). The van der Waals surface area contributed by atoms with Gasteiger partial charge >= 0.3 is 0 Å². The molecule has 1 aromatic rings. The molecule has 1 fully saturated rings. The van der Waals surface area contributed by atoms with E-state index in [9.17, 15) is 0 Å². The highest BCUT2D eigenvalue weighted by atomic mass is 15.1. The summed E-state index contributed by atoms with van der Waals surface area (Å²) in [6, 6.07) is 1.91. The number of aromatic nitrogens is 2. The second kappa shape index (κ2) is 5.80. The molecule has 0 saturated carbocycles. The van der Waals surface area contributed by atoms with E-state index in [1.54, 1.807) is 6.20 Å². The molecule has 0 aliphatic carbocycles. The van der Waals surface area contributed by atoms with Gasteiger partial charge in [0, 0.05) is 18.4 Å². The number of hydrogen-bond acceptors (Lipinski definition) is 4. The van der Waals surface area contributed by atoms with Crippen LogP contribution in [0.4, 0.5) is 5.95 Å². The molecule has 1 aromatic heterocycles. The van der Waals surface area contributed by atoms with E-state index in [2.05, 4.69) is 20.6 Å². The predicted molar refractivity (Wildman–Crippen MR) is 65.5 cm³/mol. The van der Waals surface area contributed by atoms with Gasteiger partial charge in [0.25, 0.3) is 0 Å². The normalized spacial score (nSPS) is 20.7. The standard InChI is InChI=1S/C12H20N4/c1-10-4-7-14-12(16-10)15-8-5-11-3-2-6-13-9-11/h4,7,11,13H,2-3,5-6,8-9H2,1H3,(H,14,15,16). The Bertz CT molecular complexity index is 321. The van der Waals surface area contributed by atoms with Crippen molar-refractivity contribution in [3.63, 3.8) is 0 Å². The number of piperidine rings is 1. The first-order valence-electron chi connectivity index (χ1n) is 6.09. The van der Waals surface area contributed by atoms with Crippen LogP contribution in [0.3, 0.4) is 0 Å². The van der Waals surface area contributed by atoms with Gasteiger partial charge in [-0.2, -0.15) is 0 Å². The largest absolute Gasteiger partial charge is 0.354 e. The number of hydrogen-bond donors (Lipinski definition) is 2. The molecule has 0 amide bonds. The number of rotatable bonds is 4. The topological polar surface area (TPSA) is 49.8 Å². The van der Waals surface area contributed by atoms with Crippen LogP contribution in [0.2, 0.25) is 0 Å². The van der Waals surface area contributed by atoms with Gasteiger partial charge in [-0.1, -0.05) is 0 Å². The van der Waals surface area contributed by atoms with Crippen LogP contribution in [-0.4, -0.2) is 29.6 Å². The molecule has 0 bridgehead atoms. The molecule has 0 radical (unpaired) electrons. The van der Waals surface area contributed by atoms with Gasteiger partial charge in [-0.15, -0.1) is 0 Å². The average molecular weight is 220 g/mol. The Morgan fingerprint density at radius 2 is 2.50 bits per heavy atom. The van der Waals surface area contributed by atoms with E-state index in [0.717, 1.165) is 30.6 Å². The van der Waals surface area contributed by atoms with E-state index >= 15 is 0 Å². The van der Waals surface area contributed by atoms with E-state index in [-0.39, 0.29) is 0 Å². The molecular weight excluding hydrogens is 200 g/mol. The number of nitrogens with zero attached hydrogens (tertiary/aromatic N) is 2. The first kappa shape index (κ1) is 11.3. The van der Waals surface area contributed by atoms with Gasteiger partial charge in [-0.05, 0) is 51.3 Å². The van der Waals surface area contributed by atoms with Crippen molar-refractivity contribution >= 4 is 5.95 Å². The van der Waals surface area contributed by atoms with Crippen LogP contribution < -0.4 is 10.6 Å². The highest BCUT2D eigenvalue weighted by molar-refractivity contribution is 5.24. The summed E-state index contributed by atoms with van der Waals surface area (Å²) >= 11 is 0. The third-order valence-corrected chi connectivity index (χ3v) is 3.03. The molecule has 2 N–H and O–H groups in total. The Balaban J connectivity index is 1.71. The van der Waals surface area contributed by atoms with Crippen LogP contribution in [0.25, 0.3) is 0 Å². The van der Waals surface area contributed by atoms with Crippen molar-refractivity contribution in [1.29, 1.82) is 0 Å². The summed E-state index contributed by atoms with van der Waals surface area (Å²) in [5.74, 6) is 1.56. The molecule has 88 valence electrons. The SMILES string of the molecule is Cc1ccnc(NCCC2CCCNC2)n1. The zero-order chi connectivity index (χ0) is 11.2. The van der Waals surface area contributed by atoms with Crippen molar-refractivity contribution in [2.24, 2.45) is 5.92 Å². The van der Waals surface area contributed by atoms with Crippen LogP contribution in [-0.2, 0) is 0 Å². The number of nitrogens with one attached hydrogen (secondary N) is 2. The molecule has 4 heteroatoms. The summed E-state index contributed by atoms with van der Waals surface area (Å²) in [5, 5.41) is 6.72. The minimum absolute atomic E-state index is 0.753. The molecule has 1 aliphatic heterocycles. The van der Waals surface area contributed by atoms with Gasteiger partial charge in [0.15, 0.2) is 0 Å². The van der Waals surface area contributed by atoms with E-state index < -0.39 is 0 Å². The summed E-state index contributed by atoms with van der Waals surface area (Å²) < 4.78 is 0. The summed E-state index contributed by atoms with van der Waals surface area (Å²) in [6.07, 6.45) is 5.66. The lowest BCUT2D eigenvalue weighted by atomic mass is 9.96. The Kier molecular flexibility index (Phi) is 4.10. The average Bonchev–Trinajstić information content (AvgIpc) is 2.30. The lowest BCUT2D eigenvalue weighted by molar-refractivity contribution is 0.364. The summed E-state index contributed by atoms with van der Waals surface area (Å²) in [7, 11) is 0. The quantitative estimate of drug-likeness (QED) is 0.809. The Hall–Kier alpha value is -1.16. The summed E-state index contributed by atoms with van der Waals surface area (Å²) in [4.78, 5) is 8.50. The van der Waals surface area contributed by atoms with Crippen molar-refractivity contribution < 1.29 is 0 Å². The fraction of sp³-hybridized carbons (Fsp3) is 0.667. The molecule has 1 aliphatic rings. The van der Waals surface area contributed by atoms with Crippen LogP contribution in [0.15, 0.2) is 12.3 Å². The van der Waals surface area contributed by atoms with Crippen molar-refractivity contribution in [2.75, 3.05) is 25.0 Å². The summed E-state index contributed by atoms with van der Waals surface area (Å²) in [5.41, 5.74) is 1.01. The molecule has 1 unspecified atom stereocenters. The molecule has 0 aromatic carbocycles. The van der Waals surface area contributed by atoms with Crippen molar-refractivity contribution in [1.82, 2.24) is 15.3 Å². The van der Waals surface area contributed by atoms with Gasteiger partial charge < -0.3 is 10.6 Å². The maximum atomic E-state index is 4.32. The fourth-order valence-corrected chi connectivity index (χ4v) is 2.09. The monoisotopic (exact) mass is 220 g/mol. The Morgan fingerprint density at radius 3 is 3.25 bits per heavy atom. The minimum Gasteiger partial charge on any atom is -0.354 e. The van der Waals surface area contributed by atoms with E-state index in [4.69, 9.17) is 0 Å². The van der Waals surface area contributed by atoms with Gasteiger partial charge in [0.1, 0.15) is 0 Å². The van der Waals surface area contributed by atoms with Gasteiger partial charge in [-0.25, -0.2) is 9.97 Å². The zero-order valence-electron chi connectivity index (χ0n) is 9.87. The fourth-order valence-electron chi connectivity index (χ4n) is 2.09. The van der Waals surface area contributed by atoms with Gasteiger partial charge in [0.2, 0.25) is 5.95 Å². The predicted octanol–water partition coefficient (Wildman–Crippen LogP) is 1.59. The van der Waals surface area contributed by atoms with Crippen LogP contribution >= 0.6 is 0 Å². The molecule has 4 nitrogen and oxygen atoms in total. The minimum atomic E-state index is 0.753. The number of aryl methyl sites for hydroxylation is 1. The van der Waals surface area contributed by atoms with Crippen molar-refractivity contribution in [3.8, 4) is 0 Å². The Labute approximate surface area is 96.9 Å². The third kappa shape index (κ3) is 3.45. The van der Waals surface area contributed by atoms with Crippen LogP contribution in [0.1, 0.15) is 25.0 Å². The maximum Gasteiger partial charge on any atom is 0.222 e. The molecule has 0 spiro atoms.